The molecule has 0 aliphatic heterocycles. The first-order valence-electron chi connectivity index (χ1n) is 5.24. The summed E-state index contributed by atoms with van der Waals surface area (Å²) in [5.41, 5.74) is -0.146. The first-order chi connectivity index (χ1) is 8.04. The molecule has 1 amide bonds. The van der Waals surface area contributed by atoms with Crippen LogP contribution in [0.4, 0.5) is 0 Å². The smallest absolute Gasteiger partial charge is 0.358 e. The largest absolute Gasteiger partial charge is 0.476 e. The minimum absolute atomic E-state index is 0.120. The van der Waals surface area contributed by atoms with Crippen LogP contribution >= 0.6 is 0 Å². The Morgan fingerprint density at radius 3 is 2.82 bits per heavy atom. The summed E-state index contributed by atoms with van der Waals surface area (Å²) in [6.45, 7) is 4.36. The predicted molar refractivity (Wildman–Crippen MR) is 58.4 cm³/mol. The highest BCUT2D eigenvalue weighted by atomic mass is 16.5. The number of aromatic nitrogens is 1. The highest BCUT2D eigenvalue weighted by Gasteiger charge is 2.14. The molecule has 1 aromatic heterocycles. The van der Waals surface area contributed by atoms with Gasteiger partial charge in [-0.05, 0) is 13.8 Å². The van der Waals surface area contributed by atoms with E-state index in [2.05, 4.69) is 15.8 Å². The topological polar surface area (TPSA) is 104 Å². The fourth-order valence-corrected chi connectivity index (χ4v) is 1.17. The lowest BCUT2D eigenvalue weighted by molar-refractivity contribution is -0.122. The predicted octanol–water partition coefficient (Wildman–Crippen LogP) is -0.0130. The van der Waals surface area contributed by atoms with Crippen molar-refractivity contribution in [2.24, 2.45) is 0 Å². The van der Waals surface area contributed by atoms with Crippen LogP contribution in [-0.4, -0.2) is 34.7 Å². The number of carboxylic acid groups (broad SMARTS) is 1. The van der Waals surface area contributed by atoms with E-state index in [1.165, 1.54) is 6.07 Å². The van der Waals surface area contributed by atoms with Gasteiger partial charge in [-0.1, -0.05) is 5.16 Å². The van der Waals surface area contributed by atoms with Gasteiger partial charge in [-0.3, -0.25) is 10.1 Å². The van der Waals surface area contributed by atoms with Crippen LogP contribution in [0.5, 0.6) is 0 Å². The number of carbonyl (C=O) groups is 2. The highest BCUT2D eigenvalue weighted by molar-refractivity contribution is 5.85. The van der Waals surface area contributed by atoms with Crippen LogP contribution in [0.15, 0.2) is 10.6 Å². The Morgan fingerprint density at radius 2 is 2.29 bits per heavy atom. The maximum Gasteiger partial charge on any atom is 0.358 e. The van der Waals surface area contributed by atoms with E-state index in [1.807, 2.05) is 6.92 Å². The van der Waals surface area contributed by atoms with E-state index in [4.69, 9.17) is 9.63 Å². The molecule has 3 N–H and O–H groups in total. The number of nitrogens with one attached hydrogen (secondary N) is 2. The van der Waals surface area contributed by atoms with Crippen LogP contribution in [0.2, 0.25) is 0 Å². The van der Waals surface area contributed by atoms with Gasteiger partial charge in [-0.2, -0.15) is 0 Å². The van der Waals surface area contributed by atoms with Gasteiger partial charge in [0.1, 0.15) is 0 Å². The van der Waals surface area contributed by atoms with Crippen molar-refractivity contribution in [1.29, 1.82) is 0 Å². The maximum atomic E-state index is 11.4. The molecular weight excluding hydrogens is 226 g/mol. The zero-order chi connectivity index (χ0) is 12.8. The number of hydrogen-bond acceptors (Lipinski definition) is 5. The maximum absolute atomic E-state index is 11.4. The molecule has 0 radical (unpaired) electrons. The molecule has 1 rings (SSSR count). The Bertz CT molecular complexity index is 402. The highest BCUT2D eigenvalue weighted by Crippen LogP contribution is 2.03. The molecule has 1 heterocycles. The van der Waals surface area contributed by atoms with E-state index in [-0.39, 0.29) is 24.2 Å². The number of rotatable bonds is 6. The lowest BCUT2D eigenvalue weighted by atomic mass is 10.3. The van der Waals surface area contributed by atoms with Crippen molar-refractivity contribution in [2.75, 3.05) is 6.54 Å². The molecule has 0 spiro atoms. The molecule has 0 aromatic carbocycles. The summed E-state index contributed by atoms with van der Waals surface area (Å²) in [5, 5.41) is 17.5. The normalized spacial score (nSPS) is 12.1. The molecule has 0 bridgehead atoms. The quantitative estimate of drug-likeness (QED) is 0.647. The number of hydrogen-bond donors (Lipinski definition) is 3. The average molecular weight is 241 g/mol. The molecule has 1 atom stereocenters. The second-order valence-electron chi connectivity index (χ2n) is 3.48. The summed E-state index contributed by atoms with van der Waals surface area (Å²) in [7, 11) is 0. The molecule has 0 saturated carbocycles. The Balaban J connectivity index is 2.44. The van der Waals surface area contributed by atoms with Crippen molar-refractivity contribution >= 4 is 11.9 Å². The number of amides is 1. The van der Waals surface area contributed by atoms with Crippen LogP contribution in [-0.2, 0) is 11.3 Å². The first kappa shape index (κ1) is 13.2. The second-order valence-corrected chi connectivity index (χ2v) is 3.48. The molecule has 7 nitrogen and oxygen atoms in total. The summed E-state index contributed by atoms with van der Waals surface area (Å²) in [4.78, 5) is 21.9. The van der Waals surface area contributed by atoms with Crippen molar-refractivity contribution in [3.63, 3.8) is 0 Å². The zero-order valence-electron chi connectivity index (χ0n) is 9.69. The minimum Gasteiger partial charge on any atom is -0.476 e. The molecule has 1 aromatic rings. The fraction of sp³-hybridized carbons (Fsp3) is 0.500. The van der Waals surface area contributed by atoms with E-state index >= 15 is 0 Å². The van der Waals surface area contributed by atoms with Crippen molar-refractivity contribution in [3.8, 4) is 0 Å². The Labute approximate surface area is 98.2 Å². The van der Waals surface area contributed by atoms with Crippen LogP contribution in [0.1, 0.15) is 30.1 Å². The summed E-state index contributed by atoms with van der Waals surface area (Å²) in [6, 6.07) is 0.938. The van der Waals surface area contributed by atoms with Crippen LogP contribution in [0.3, 0.4) is 0 Å². The number of aromatic carboxylic acids is 1. The summed E-state index contributed by atoms with van der Waals surface area (Å²) < 4.78 is 4.79. The minimum atomic E-state index is -1.14. The summed E-state index contributed by atoms with van der Waals surface area (Å²) >= 11 is 0. The molecular formula is C10H15N3O4. The summed E-state index contributed by atoms with van der Waals surface area (Å²) in [5.74, 6) is -0.888. The van der Waals surface area contributed by atoms with E-state index in [0.29, 0.717) is 12.3 Å². The van der Waals surface area contributed by atoms with Crippen molar-refractivity contribution in [1.82, 2.24) is 15.8 Å². The van der Waals surface area contributed by atoms with Gasteiger partial charge >= 0.3 is 5.97 Å². The van der Waals surface area contributed by atoms with Gasteiger partial charge in [0.25, 0.3) is 0 Å². The standard InChI is InChI=1S/C10H15N3O4/c1-3-11-9(14)6(2)12-5-7-4-8(10(15)16)13-17-7/h4,6,12H,3,5H2,1-2H3,(H,11,14)(H,15,16). The molecule has 0 saturated heterocycles. The molecule has 17 heavy (non-hydrogen) atoms. The Kier molecular flexibility index (Phi) is 4.65. The number of carbonyl (C=O) groups excluding carboxylic acids is 1. The van der Waals surface area contributed by atoms with Gasteiger partial charge in [0.05, 0.1) is 12.6 Å². The lowest BCUT2D eigenvalue weighted by Crippen LogP contribution is -2.41. The number of nitrogens with zero attached hydrogens (tertiary/aromatic N) is 1. The molecule has 0 aliphatic rings. The molecule has 0 aliphatic carbocycles. The average Bonchev–Trinajstić information content (AvgIpc) is 2.75. The van der Waals surface area contributed by atoms with E-state index in [9.17, 15) is 9.59 Å². The molecule has 1 unspecified atom stereocenters. The SMILES string of the molecule is CCNC(=O)C(C)NCc1cc(C(=O)O)no1. The third-order valence-electron chi connectivity index (χ3n) is 2.10. The van der Waals surface area contributed by atoms with Crippen LogP contribution < -0.4 is 10.6 Å². The van der Waals surface area contributed by atoms with Crippen LogP contribution in [0.25, 0.3) is 0 Å². The lowest BCUT2D eigenvalue weighted by Gasteiger charge is -2.11. The van der Waals surface area contributed by atoms with Gasteiger partial charge in [-0.25, -0.2) is 4.79 Å². The van der Waals surface area contributed by atoms with Crippen molar-refractivity contribution < 1.29 is 19.2 Å². The van der Waals surface area contributed by atoms with Gasteiger partial charge in [0, 0.05) is 12.6 Å². The third-order valence-corrected chi connectivity index (χ3v) is 2.10. The Hall–Kier alpha value is -1.89. The van der Waals surface area contributed by atoms with Gasteiger partial charge < -0.3 is 14.9 Å². The van der Waals surface area contributed by atoms with Crippen molar-refractivity contribution in [2.45, 2.75) is 26.4 Å². The van der Waals surface area contributed by atoms with Crippen LogP contribution in [0, 0.1) is 0 Å². The van der Waals surface area contributed by atoms with Crippen molar-refractivity contribution in [3.05, 3.63) is 17.5 Å². The molecule has 7 heteroatoms. The fourth-order valence-electron chi connectivity index (χ4n) is 1.17. The second kappa shape index (κ2) is 6.00. The van der Waals surface area contributed by atoms with E-state index in [1.54, 1.807) is 6.92 Å². The summed E-state index contributed by atoms with van der Waals surface area (Å²) in [6.07, 6.45) is 0. The monoisotopic (exact) mass is 241 g/mol. The Morgan fingerprint density at radius 1 is 1.59 bits per heavy atom. The van der Waals surface area contributed by atoms with Gasteiger partial charge in [0.2, 0.25) is 5.91 Å². The number of likely N-dealkylation sites (N-methyl/N-ethyl adjacent to an activating group) is 1. The number of carboxylic acids is 1. The molecule has 94 valence electrons. The van der Waals surface area contributed by atoms with Gasteiger partial charge in [-0.15, -0.1) is 0 Å². The third kappa shape index (κ3) is 3.87. The first-order valence-corrected chi connectivity index (χ1v) is 5.24. The zero-order valence-corrected chi connectivity index (χ0v) is 9.69. The molecule has 0 fully saturated rings. The van der Waals surface area contributed by atoms with E-state index in [0.717, 1.165) is 0 Å². The van der Waals surface area contributed by atoms with Gasteiger partial charge in [0.15, 0.2) is 11.5 Å². The van der Waals surface area contributed by atoms with E-state index < -0.39 is 5.97 Å².